The van der Waals surface area contributed by atoms with Crippen LogP contribution in [-0.4, -0.2) is 76.4 Å². The summed E-state index contributed by atoms with van der Waals surface area (Å²) in [5.74, 6) is 0. The van der Waals surface area contributed by atoms with Crippen molar-refractivity contribution in [3.63, 3.8) is 0 Å². The maximum Gasteiger partial charge on any atom is 0.242 e. The van der Waals surface area contributed by atoms with E-state index in [0.29, 0.717) is 18.5 Å². The average Bonchev–Trinajstić information content (AvgIpc) is 2.85. The molecule has 2 aromatic rings. The summed E-state index contributed by atoms with van der Waals surface area (Å²) in [5.41, 5.74) is 0.613. The van der Waals surface area contributed by atoms with Gasteiger partial charge in [-0.15, -0.1) is 0 Å². The lowest BCUT2D eigenvalue weighted by atomic mass is 9.96. The van der Waals surface area contributed by atoms with Crippen molar-refractivity contribution in [3.05, 3.63) is 59.5 Å². The van der Waals surface area contributed by atoms with Gasteiger partial charge in [-0.1, -0.05) is 36.0 Å². The highest BCUT2D eigenvalue weighted by atomic mass is 32.2. The summed E-state index contributed by atoms with van der Waals surface area (Å²) in [7, 11) is 0.423. The zero-order valence-electron chi connectivity index (χ0n) is 24.3. The molecule has 2 aliphatic heterocycles. The van der Waals surface area contributed by atoms with Gasteiger partial charge in [0.05, 0.1) is 14.5 Å². The average molecular weight is 451 g/mol. The van der Waals surface area contributed by atoms with Gasteiger partial charge in [-0.2, -0.15) is 0 Å². The summed E-state index contributed by atoms with van der Waals surface area (Å²) >= 11 is 0.891. The third-order valence-electron chi connectivity index (χ3n) is 5.28. The molecule has 1 saturated heterocycles. The van der Waals surface area contributed by atoms with Crippen molar-refractivity contribution in [1.29, 1.82) is 0 Å². The van der Waals surface area contributed by atoms with Crippen LogP contribution in [0.2, 0.25) is 0 Å². The minimum Gasteiger partial charge on any atom is -0.304 e. The zero-order valence-corrected chi connectivity index (χ0v) is 18.9. The predicted octanol–water partition coefficient (Wildman–Crippen LogP) is 3.47. The number of rotatable bonds is 5. The Morgan fingerprint density at radius 1 is 1.07 bits per heavy atom. The van der Waals surface area contributed by atoms with E-state index in [-0.39, 0.29) is 39.0 Å². The Labute approximate surface area is 194 Å². The molecule has 0 N–H and O–H groups in total. The molecular formula is C23H29N3O2S2. The van der Waals surface area contributed by atoms with Crippen molar-refractivity contribution in [1.82, 2.24) is 14.1 Å². The van der Waals surface area contributed by atoms with Crippen LogP contribution in [0.25, 0.3) is 5.57 Å². The third-order valence-corrected chi connectivity index (χ3v) is 7.98. The summed E-state index contributed by atoms with van der Waals surface area (Å²) in [5, 5.41) is 0. The molecule has 0 aliphatic carbocycles. The molecule has 7 heteroatoms. The van der Waals surface area contributed by atoms with Crippen LogP contribution < -0.4 is 0 Å². The minimum atomic E-state index is -4.23. The van der Waals surface area contributed by atoms with Crippen LogP contribution in [0.3, 0.4) is 0 Å². The van der Waals surface area contributed by atoms with E-state index in [9.17, 15) is 8.42 Å². The highest BCUT2D eigenvalue weighted by molar-refractivity contribution is 7.99. The van der Waals surface area contributed by atoms with Crippen molar-refractivity contribution in [3.8, 4) is 0 Å². The molecule has 5 nitrogen and oxygen atoms in total. The van der Waals surface area contributed by atoms with Gasteiger partial charge in [-0.05, 0) is 54.3 Å². The summed E-state index contributed by atoms with van der Waals surface area (Å²) in [6.45, 7) is 4.32. The Balaban J connectivity index is 1.95. The fourth-order valence-corrected chi connectivity index (χ4v) is 5.13. The van der Waals surface area contributed by atoms with Gasteiger partial charge in [0, 0.05) is 56.6 Å². The molecule has 0 saturated carbocycles. The molecule has 0 radical (unpaired) electrons. The van der Waals surface area contributed by atoms with E-state index in [2.05, 4.69) is 16.8 Å². The van der Waals surface area contributed by atoms with Gasteiger partial charge in [-0.3, -0.25) is 0 Å². The predicted molar refractivity (Wildman–Crippen MR) is 124 cm³/mol. The largest absolute Gasteiger partial charge is 0.304 e. The lowest BCUT2D eigenvalue weighted by Gasteiger charge is -2.32. The number of fused-ring (bicyclic) bond motifs is 2. The first-order valence-electron chi connectivity index (χ1n) is 13.2. The van der Waals surface area contributed by atoms with E-state index in [4.69, 9.17) is 9.60 Å². The van der Waals surface area contributed by atoms with Crippen LogP contribution >= 0.6 is 11.8 Å². The van der Waals surface area contributed by atoms with E-state index in [1.807, 2.05) is 0 Å². The standard InChI is InChI=1S/C23H29N3O2S2/c1-24(2)30(27,28)18-10-11-23-21(17-18)19(20-7-4-5-9-22(20)29-23)8-6-12-26-15-13-25(3)14-16-26/h4-5,7-11,17H,6,12-16H2,1-3H3/b19-8-/i4D,5D,7D,9D,10D,11D,17D. The molecule has 0 atom stereocenters. The minimum absolute atomic E-state index is 0.113. The number of hydrogen-bond acceptors (Lipinski definition) is 5. The number of benzene rings is 2. The lowest BCUT2D eigenvalue weighted by Crippen LogP contribution is -2.44. The van der Waals surface area contributed by atoms with Crippen LogP contribution in [0.5, 0.6) is 0 Å². The lowest BCUT2D eigenvalue weighted by molar-refractivity contribution is 0.156. The molecule has 0 amide bonds. The summed E-state index contributed by atoms with van der Waals surface area (Å²) in [6, 6.07) is -2.82. The van der Waals surface area contributed by atoms with Crippen LogP contribution in [-0.2, 0) is 10.0 Å². The Morgan fingerprint density at radius 3 is 2.50 bits per heavy atom. The third kappa shape index (κ3) is 4.36. The maximum atomic E-state index is 13.1. The number of piperazine rings is 1. The number of hydrogen-bond donors (Lipinski definition) is 0. The molecule has 0 bridgehead atoms. The molecule has 0 spiro atoms. The number of nitrogens with zero attached hydrogens (tertiary/aromatic N) is 3. The summed E-state index contributed by atoms with van der Waals surface area (Å²) in [4.78, 5) is 4.29. The normalized spacial score (nSPS) is 22.4. The Morgan fingerprint density at radius 2 is 1.77 bits per heavy atom. The Bertz CT molecular complexity index is 1410. The van der Waals surface area contributed by atoms with Gasteiger partial charge in [0.1, 0.15) is 0 Å². The fraction of sp³-hybridized carbons (Fsp3) is 0.391. The van der Waals surface area contributed by atoms with E-state index >= 15 is 0 Å². The van der Waals surface area contributed by atoms with Crippen LogP contribution in [0.4, 0.5) is 0 Å². The van der Waals surface area contributed by atoms with Gasteiger partial charge in [0.15, 0.2) is 0 Å². The van der Waals surface area contributed by atoms with Gasteiger partial charge in [0.25, 0.3) is 0 Å². The monoisotopic (exact) mass is 450 g/mol. The second-order valence-corrected chi connectivity index (χ2v) is 10.7. The first kappa shape index (κ1) is 14.4. The van der Waals surface area contributed by atoms with Crippen molar-refractivity contribution in [2.24, 2.45) is 0 Å². The van der Waals surface area contributed by atoms with E-state index in [1.165, 1.54) is 14.1 Å². The second kappa shape index (κ2) is 8.85. The molecule has 1 fully saturated rings. The second-order valence-electron chi connectivity index (χ2n) is 7.55. The summed E-state index contributed by atoms with van der Waals surface area (Å²) < 4.78 is 86.4. The molecule has 2 aromatic carbocycles. The summed E-state index contributed by atoms with van der Waals surface area (Å²) in [6.07, 6.45) is 2.28. The molecule has 4 rings (SSSR count). The zero-order chi connectivity index (χ0) is 27.4. The molecule has 160 valence electrons. The fourth-order valence-electron chi connectivity index (χ4n) is 3.42. The van der Waals surface area contributed by atoms with Crippen molar-refractivity contribution < 1.29 is 18.0 Å². The number of likely N-dealkylation sites (N-methyl/N-ethyl adjacent to an activating group) is 1. The van der Waals surface area contributed by atoms with Gasteiger partial charge >= 0.3 is 0 Å². The number of sulfonamides is 1. The highest BCUT2D eigenvalue weighted by Crippen LogP contribution is 2.46. The molecule has 30 heavy (non-hydrogen) atoms. The maximum absolute atomic E-state index is 13.1. The van der Waals surface area contributed by atoms with Crippen LogP contribution in [0, 0.1) is 0 Å². The molecule has 2 aliphatic rings. The van der Waals surface area contributed by atoms with Crippen molar-refractivity contribution in [2.45, 2.75) is 21.1 Å². The van der Waals surface area contributed by atoms with E-state index in [1.54, 1.807) is 6.08 Å². The smallest absolute Gasteiger partial charge is 0.242 e. The Hall–Kier alpha value is -1.64. The van der Waals surface area contributed by atoms with E-state index in [0.717, 1.165) is 42.2 Å². The van der Waals surface area contributed by atoms with Crippen molar-refractivity contribution in [2.75, 3.05) is 53.9 Å². The molecular weight excluding hydrogens is 414 g/mol. The van der Waals surface area contributed by atoms with Gasteiger partial charge in [0.2, 0.25) is 10.0 Å². The molecule has 0 unspecified atom stereocenters. The van der Waals surface area contributed by atoms with Gasteiger partial charge < -0.3 is 9.80 Å². The van der Waals surface area contributed by atoms with Crippen molar-refractivity contribution >= 4 is 27.4 Å². The highest BCUT2D eigenvalue weighted by Gasteiger charge is 2.25. The Kier molecular flexibility index (Phi) is 4.25. The van der Waals surface area contributed by atoms with Crippen LogP contribution in [0.15, 0.2) is 63.1 Å². The van der Waals surface area contributed by atoms with E-state index < -0.39 is 39.1 Å². The van der Waals surface area contributed by atoms with Gasteiger partial charge in [-0.25, -0.2) is 12.7 Å². The first-order valence-corrected chi connectivity index (χ1v) is 12.0. The SMILES string of the molecule is [2H]c1c([2H])c([2H])c2c(c1[2H])Sc1c([2H])c([2H])c(S(=O)(=O)N(C)C)c([2H])c1/C2=C\CCN1CCN(C)CC1. The quantitative estimate of drug-likeness (QED) is 0.596. The first-order chi connectivity index (χ1) is 17.3. The topological polar surface area (TPSA) is 43.9 Å². The molecule has 2 heterocycles. The molecule has 0 aromatic heterocycles. The van der Waals surface area contributed by atoms with Crippen LogP contribution in [0.1, 0.15) is 27.1 Å².